The second-order valence-electron chi connectivity index (χ2n) is 4.43. The minimum Gasteiger partial charge on any atom is -0.326 e. The number of rotatable bonds is 2. The van der Waals surface area contributed by atoms with Gasteiger partial charge in [0.05, 0.1) is 5.69 Å². The van der Waals surface area contributed by atoms with Gasteiger partial charge in [-0.3, -0.25) is 14.1 Å². The highest BCUT2D eigenvalue weighted by molar-refractivity contribution is 7.15. The van der Waals surface area contributed by atoms with Crippen molar-refractivity contribution in [3.8, 4) is 0 Å². The van der Waals surface area contributed by atoms with Crippen LogP contribution >= 0.6 is 23.7 Å². The van der Waals surface area contributed by atoms with Crippen molar-refractivity contribution in [2.45, 2.75) is 19.0 Å². The zero-order valence-electron chi connectivity index (χ0n) is 9.78. The zero-order chi connectivity index (χ0) is 11.8. The maximum absolute atomic E-state index is 11.8. The van der Waals surface area contributed by atoms with Crippen molar-refractivity contribution < 1.29 is 0 Å². The third-order valence-corrected chi connectivity index (χ3v) is 3.81. The molecular formula is C11H15ClN4OS. The second kappa shape index (κ2) is 5.36. The molecule has 1 aliphatic rings. The monoisotopic (exact) mass is 286 g/mol. The molecule has 0 bridgehead atoms. The number of nitrogens with two attached hydrogens (primary N) is 1. The zero-order valence-corrected chi connectivity index (χ0v) is 11.4. The topological polar surface area (TPSA) is 63.6 Å². The van der Waals surface area contributed by atoms with Gasteiger partial charge in [-0.1, -0.05) is 0 Å². The first kappa shape index (κ1) is 13.5. The van der Waals surface area contributed by atoms with Crippen LogP contribution in [-0.2, 0) is 6.54 Å². The first-order chi connectivity index (χ1) is 8.22. The molecule has 1 atom stereocenters. The van der Waals surface area contributed by atoms with E-state index in [4.69, 9.17) is 5.73 Å². The van der Waals surface area contributed by atoms with Gasteiger partial charge in [-0.2, -0.15) is 0 Å². The molecule has 3 rings (SSSR count). The van der Waals surface area contributed by atoms with E-state index in [1.54, 1.807) is 16.7 Å². The Morgan fingerprint density at radius 3 is 3.11 bits per heavy atom. The van der Waals surface area contributed by atoms with E-state index in [1.807, 2.05) is 5.38 Å². The van der Waals surface area contributed by atoms with Crippen LogP contribution in [0.15, 0.2) is 22.4 Å². The standard InChI is InChI=1S/C11H14N4OS.ClH/c12-8-1-2-14(6-8)7-9-5-10(16)15-3-4-17-11(15)13-9;/h3-5,8H,1-2,6-7,12H2;1H/t8-;/m1./s1. The Labute approximate surface area is 115 Å². The SMILES string of the molecule is Cl.N[C@@H]1CCN(Cc2cc(=O)n3ccsc3n2)C1. The number of hydrogen-bond acceptors (Lipinski definition) is 5. The number of halogens is 1. The molecule has 2 N–H and O–H groups in total. The molecule has 5 nitrogen and oxygen atoms in total. The molecule has 1 aliphatic heterocycles. The molecule has 1 saturated heterocycles. The largest absolute Gasteiger partial charge is 0.326 e. The predicted octanol–water partition coefficient (Wildman–Crippen LogP) is 0.711. The highest BCUT2D eigenvalue weighted by Crippen LogP contribution is 2.12. The Balaban J connectivity index is 0.00000120. The van der Waals surface area contributed by atoms with Crippen molar-refractivity contribution in [3.63, 3.8) is 0 Å². The third kappa shape index (κ3) is 2.56. The number of hydrogen-bond donors (Lipinski definition) is 1. The minimum absolute atomic E-state index is 0. The fourth-order valence-electron chi connectivity index (χ4n) is 2.20. The summed E-state index contributed by atoms with van der Waals surface area (Å²) in [7, 11) is 0. The van der Waals surface area contributed by atoms with Crippen LogP contribution in [0.2, 0.25) is 0 Å². The maximum atomic E-state index is 11.8. The summed E-state index contributed by atoms with van der Waals surface area (Å²) in [5, 5.41) is 1.87. The molecule has 1 fully saturated rings. The average molecular weight is 287 g/mol. The van der Waals surface area contributed by atoms with Gasteiger partial charge in [0.2, 0.25) is 0 Å². The van der Waals surface area contributed by atoms with E-state index in [-0.39, 0.29) is 24.0 Å². The highest BCUT2D eigenvalue weighted by Gasteiger charge is 2.19. The molecule has 2 aromatic heterocycles. The molecule has 0 unspecified atom stereocenters. The van der Waals surface area contributed by atoms with Gasteiger partial charge in [-0.05, 0) is 6.42 Å². The smallest absolute Gasteiger partial charge is 0.258 e. The third-order valence-electron chi connectivity index (χ3n) is 3.05. The summed E-state index contributed by atoms with van der Waals surface area (Å²) in [6.45, 7) is 2.61. The first-order valence-corrected chi connectivity index (χ1v) is 6.54. The summed E-state index contributed by atoms with van der Waals surface area (Å²) in [5.74, 6) is 0. The number of aromatic nitrogens is 2. The van der Waals surface area contributed by atoms with Crippen LogP contribution in [-0.4, -0.2) is 33.4 Å². The maximum Gasteiger partial charge on any atom is 0.258 e. The Hall–Kier alpha value is -0.950. The van der Waals surface area contributed by atoms with Gasteiger partial charge in [0, 0.05) is 43.3 Å². The molecule has 0 aromatic carbocycles. The van der Waals surface area contributed by atoms with Crippen LogP contribution in [0.25, 0.3) is 4.96 Å². The summed E-state index contributed by atoms with van der Waals surface area (Å²) in [5.41, 5.74) is 6.69. The van der Waals surface area contributed by atoms with Crippen molar-refractivity contribution in [2.24, 2.45) is 5.73 Å². The van der Waals surface area contributed by atoms with Gasteiger partial charge in [0.1, 0.15) is 0 Å². The Morgan fingerprint density at radius 1 is 1.56 bits per heavy atom. The first-order valence-electron chi connectivity index (χ1n) is 5.66. The van der Waals surface area contributed by atoms with Crippen LogP contribution in [0.3, 0.4) is 0 Å². The van der Waals surface area contributed by atoms with Gasteiger partial charge >= 0.3 is 0 Å². The molecule has 7 heteroatoms. The fourth-order valence-corrected chi connectivity index (χ4v) is 2.94. The summed E-state index contributed by atoms with van der Waals surface area (Å²) in [4.78, 5) is 19.3. The molecule has 0 aliphatic carbocycles. The number of fused-ring (bicyclic) bond motifs is 1. The summed E-state index contributed by atoms with van der Waals surface area (Å²) in [6, 6.07) is 1.88. The number of likely N-dealkylation sites (tertiary alicyclic amines) is 1. The van der Waals surface area contributed by atoms with E-state index in [0.717, 1.165) is 36.7 Å². The highest BCUT2D eigenvalue weighted by atomic mass is 35.5. The van der Waals surface area contributed by atoms with Crippen LogP contribution in [0, 0.1) is 0 Å². The molecule has 0 saturated carbocycles. The van der Waals surface area contributed by atoms with Crippen molar-refractivity contribution in [3.05, 3.63) is 33.7 Å². The fraction of sp³-hybridized carbons (Fsp3) is 0.455. The van der Waals surface area contributed by atoms with Crippen LogP contribution in [0.5, 0.6) is 0 Å². The van der Waals surface area contributed by atoms with Crippen LogP contribution < -0.4 is 11.3 Å². The predicted molar refractivity (Wildman–Crippen MR) is 74.5 cm³/mol. The van der Waals surface area contributed by atoms with Crippen molar-refractivity contribution in [2.75, 3.05) is 13.1 Å². The Kier molecular flexibility index (Phi) is 4.01. The van der Waals surface area contributed by atoms with E-state index >= 15 is 0 Å². The normalized spacial score (nSPS) is 20.2. The molecule has 0 amide bonds. The van der Waals surface area contributed by atoms with Crippen molar-refractivity contribution in [1.29, 1.82) is 0 Å². The molecular weight excluding hydrogens is 272 g/mol. The summed E-state index contributed by atoms with van der Waals surface area (Å²) < 4.78 is 1.57. The van der Waals surface area contributed by atoms with E-state index in [0.29, 0.717) is 0 Å². The molecule has 98 valence electrons. The Bertz CT molecular complexity index is 596. The average Bonchev–Trinajstić information content (AvgIpc) is 2.87. The van der Waals surface area contributed by atoms with Gasteiger partial charge in [0.15, 0.2) is 4.96 Å². The van der Waals surface area contributed by atoms with E-state index < -0.39 is 0 Å². The molecule has 0 radical (unpaired) electrons. The van der Waals surface area contributed by atoms with Gasteiger partial charge in [0.25, 0.3) is 5.56 Å². The van der Waals surface area contributed by atoms with E-state index in [9.17, 15) is 4.79 Å². The van der Waals surface area contributed by atoms with Crippen molar-refractivity contribution >= 4 is 28.7 Å². The quantitative estimate of drug-likeness (QED) is 0.883. The van der Waals surface area contributed by atoms with Crippen LogP contribution in [0.4, 0.5) is 0 Å². The number of nitrogens with zero attached hydrogens (tertiary/aromatic N) is 3. The lowest BCUT2D eigenvalue weighted by atomic mass is 10.3. The van der Waals surface area contributed by atoms with E-state index in [1.165, 1.54) is 11.3 Å². The van der Waals surface area contributed by atoms with Crippen molar-refractivity contribution in [1.82, 2.24) is 14.3 Å². The molecule has 0 spiro atoms. The van der Waals surface area contributed by atoms with Gasteiger partial charge < -0.3 is 5.73 Å². The van der Waals surface area contributed by atoms with Gasteiger partial charge in [-0.25, -0.2) is 4.98 Å². The Morgan fingerprint density at radius 2 is 2.39 bits per heavy atom. The lowest BCUT2D eigenvalue weighted by Crippen LogP contribution is -2.27. The van der Waals surface area contributed by atoms with E-state index in [2.05, 4.69) is 9.88 Å². The summed E-state index contributed by atoms with van der Waals surface area (Å²) >= 11 is 1.48. The summed E-state index contributed by atoms with van der Waals surface area (Å²) in [6.07, 6.45) is 2.78. The van der Waals surface area contributed by atoms with Gasteiger partial charge in [-0.15, -0.1) is 23.7 Å². The lowest BCUT2D eigenvalue weighted by molar-refractivity contribution is 0.323. The lowest BCUT2D eigenvalue weighted by Gasteiger charge is -2.13. The van der Waals surface area contributed by atoms with Crippen LogP contribution in [0.1, 0.15) is 12.1 Å². The molecule has 2 aromatic rings. The molecule has 18 heavy (non-hydrogen) atoms. The number of thiazole rings is 1. The molecule has 3 heterocycles. The second-order valence-corrected chi connectivity index (χ2v) is 5.30. The minimum atomic E-state index is -0.00487.